The summed E-state index contributed by atoms with van der Waals surface area (Å²) >= 11 is 1.56. The number of Topliss-reactive ketones (excluding diaryl/α,β-unsaturated/α-hetero) is 1. The lowest BCUT2D eigenvalue weighted by Crippen LogP contribution is -2.27. The molecule has 0 fully saturated rings. The molecule has 3 nitrogen and oxygen atoms in total. The first-order valence-electron chi connectivity index (χ1n) is 2.96. The van der Waals surface area contributed by atoms with Crippen LogP contribution in [0.5, 0.6) is 0 Å². The van der Waals surface area contributed by atoms with E-state index < -0.39 is 5.91 Å². The van der Waals surface area contributed by atoms with Gasteiger partial charge in [-0.15, -0.1) is 0 Å². The van der Waals surface area contributed by atoms with Crippen molar-refractivity contribution >= 4 is 23.5 Å². The molecular formula is C6H11NO2S. The third-order valence-corrected chi connectivity index (χ3v) is 1.63. The van der Waals surface area contributed by atoms with Crippen LogP contribution in [0.25, 0.3) is 0 Å². The average Bonchev–Trinajstić information content (AvgIpc) is 1.98. The van der Waals surface area contributed by atoms with Crippen molar-refractivity contribution in [3.8, 4) is 0 Å². The van der Waals surface area contributed by atoms with Crippen molar-refractivity contribution in [1.82, 2.24) is 5.32 Å². The van der Waals surface area contributed by atoms with E-state index in [9.17, 15) is 9.59 Å². The molecule has 10 heavy (non-hydrogen) atoms. The number of hydrogen-bond donors (Lipinski definition) is 1. The van der Waals surface area contributed by atoms with E-state index in [4.69, 9.17) is 0 Å². The van der Waals surface area contributed by atoms with Gasteiger partial charge in [0.1, 0.15) is 0 Å². The van der Waals surface area contributed by atoms with Crippen molar-refractivity contribution < 1.29 is 9.59 Å². The molecule has 4 heteroatoms. The molecule has 0 rings (SSSR count). The molecule has 0 unspecified atom stereocenters. The van der Waals surface area contributed by atoms with Gasteiger partial charge in [0.2, 0.25) is 5.78 Å². The van der Waals surface area contributed by atoms with Gasteiger partial charge in [-0.05, 0) is 6.26 Å². The minimum absolute atomic E-state index is 0.334. The van der Waals surface area contributed by atoms with Crippen LogP contribution in [0.3, 0.4) is 0 Å². The minimum atomic E-state index is -0.492. The first-order valence-corrected chi connectivity index (χ1v) is 4.35. The van der Waals surface area contributed by atoms with Crippen LogP contribution >= 0.6 is 11.8 Å². The number of carbonyl (C=O) groups is 2. The van der Waals surface area contributed by atoms with Crippen molar-refractivity contribution in [1.29, 1.82) is 0 Å². The zero-order valence-corrected chi connectivity index (χ0v) is 6.96. The average molecular weight is 161 g/mol. The first-order chi connectivity index (χ1) is 4.72. The van der Waals surface area contributed by atoms with E-state index in [1.54, 1.807) is 11.8 Å². The summed E-state index contributed by atoms with van der Waals surface area (Å²) in [7, 11) is 1.46. The van der Waals surface area contributed by atoms with Crippen LogP contribution in [0.2, 0.25) is 0 Å². The molecule has 0 radical (unpaired) electrons. The largest absolute Gasteiger partial charge is 0.353 e. The maximum absolute atomic E-state index is 10.7. The van der Waals surface area contributed by atoms with Gasteiger partial charge in [-0.2, -0.15) is 11.8 Å². The molecule has 0 heterocycles. The Hall–Kier alpha value is -0.510. The van der Waals surface area contributed by atoms with Gasteiger partial charge >= 0.3 is 0 Å². The fraction of sp³-hybridized carbons (Fsp3) is 0.667. The second-order valence-corrected chi connectivity index (χ2v) is 2.73. The number of rotatable bonds is 4. The quantitative estimate of drug-likeness (QED) is 0.593. The predicted molar refractivity (Wildman–Crippen MR) is 42.1 cm³/mol. The third kappa shape index (κ3) is 3.50. The zero-order valence-electron chi connectivity index (χ0n) is 6.14. The lowest BCUT2D eigenvalue weighted by molar-refractivity contribution is -0.137. The van der Waals surface area contributed by atoms with Gasteiger partial charge in [-0.1, -0.05) is 0 Å². The zero-order chi connectivity index (χ0) is 7.98. The smallest absolute Gasteiger partial charge is 0.287 e. The van der Waals surface area contributed by atoms with Crippen LogP contribution in [0, 0.1) is 0 Å². The highest BCUT2D eigenvalue weighted by Crippen LogP contribution is 1.95. The molecule has 0 bridgehead atoms. The van der Waals surface area contributed by atoms with E-state index in [2.05, 4.69) is 5.32 Å². The van der Waals surface area contributed by atoms with Crippen molar-refractivity contribution in [2.75, 3.05) is 19.1 Å². The Morgan fingerprint density at radius 2 is 2.10 bits per heavy atom. The fourth-order valence-electron chi connectivity index (χ4n) is 0.448. The number of carbonyl (C=O) groups excluding carboxylic acids is 2. The van der Waals surface area contributed by atoms with Gasteiger partial charge in [-0.25, -0.2) is 0 Å². The van der Waals surface area contributed by atoms with E-state index >= 15 is 0 Å². The van der Waals surface area contributed by atoms with Crippen molar-refractivity contribution in [3.63, 3.8) is 0 Å². The predicted octanol–water partition coefficient (Wildman–Crippen LogP) is 0.0546. The molecular weight excluding hydrogens is 150 g/mol. The number of ketones is 1. The normalized spacial score (nSPS) is 9.00. The standard InChI is InChI=1S/C6H11NO2S/c1-7-6(9)5(8)3-4-10-2/h3-4H2,1-2H3,(H,7,9). The van der Waals surface area contributed by atoms with Crippen LogP contribution in [0.1, 0.15) is 6.42 Å². The van der Waals surface area contributed by atoms with Crippen LogP contribution in [-0.4, -0.2) is 30.7 Å². The topological polar surface area (TPSA) is 46.2 Å². The summed E-state index contributed by atoms with van der Waals surface area (Å²) in [5, 5.41) is 2.28. The maximum atomic E-state index is 10.7. The number of likely N-dealkylation sites (N-methyl/N-ethyl adjacent to an activating group) is 1. The second-order valence-electron chi connectivity index (χ2n) is 1.75. The highest BCUT2D eigenvalue weighted by Gasteiger charge is 2.09. The number of nitrogens with one attached hydrogen (secondary N) is 1. The summed E-state index contributed by atoms with van der Waals surface area (Å²) in [6.45, 7) is 0. The van der Waals surface area contributed by atoms with Gasteiger partial charge in [0, 0.05) is 19.2 Å². The van der Waals surface area contributed by atoms with E-state index in [0.29, 0.717) is 12.2 Å². The molecule has 0 aliphatic rings. The van der Waals surface area contributed by atoms with E-state index in [1.165, 1.54) is 7.05 Å². The molecule has 1 amide bonds. The molecule has 0 saturated heterocycles. The monoisotopic (exact) mass is 161 g/mol. The fourth-order valence-corrected chi connectivity index (χ4v) is 0.837. The van der Waals surface area contributed by atoms with Gasteiger partial charge in [-0.3, -0.25) is 9.59 Å². The molecule has 0 aliphatic heterocycles. The lowest BCUT2D eigenvalue weighted by atomic mass is 10.3. The van der Waals surface area contributed by atoms with Crippen molar-refractivity contribution in [3.05, 3.63) is 0 Å². The molecule has 0 aromatic carbocycles. The van der Waals surface area contributed by atoms with Crippen molar-refractivity contribution in [2.45, 2.75) is 6.42 Å². The number of hydrogen-bond acceptors (Lipinski definition) is 3. The number of amides is 1. The molecule has 1 N–H and O–H groups in total. The van der Waals surface area contributed by atoms with Crippen LogP contribution < -0.4 is 5.32 Å². The third-order valence-electron chi connectivity index (χ3n) is 1.01. The SMILES string of the molecule is CNC(=O)C(=O)CCSC. The molecule has 0 aliphatic carbocycles. The molecule has 0 atom stereocenters. The Balaban J connectivity index is 3.52. The van der Waals surface area contributed by atoms with Gasteiger partial charge < -0.3 is 5.32 Å². The first kappa shape index (κ1) is 9.49. The summed E-state index contributed by atoms with van der Waals surface area (Å²) in [5.41, 5.74) is 0. The molecule has 58 valence electrons. The highest BCUT2D eigenvalue weighted by atomic mass is 32.2. The van der Waals surface area contributed by atoms with Crippen LogP contribution in [0.15, 0.2) is 0 Å². The van der Waals surface area contributed by atoms with Crippen LogP contribution in [0.4, 0.5) is 0 Å². The summed E-state index contributed by atoms with van der Waals surface area (Å²) in [6, 6.07) is 0. The lowest BCUT2D eigenvalue weighted by Gasteiger charge is -1.95. The minimum Gasteiger partial charge on any atom is -0.353 e. The van der Waals surface area contributed by atoms with E-state index in [0.717, 1.165) is 0 Å². The van der Waals surface area contributed by atoms with E-state index in [-0.39, 0.29) is 5.78 Å². The Morgan fingerprint density at radius 1 is 1.50 bits per heavy atom. The second kappa shape index (κ2) is 5.29. The Kier molecular flexibility index (Phi) is 5.02. The van der Waals surface area contributed by atoms with E-state index in [1.807, 2.05) is 6.26 Å². The maximum Gasteiger partial charge on any atom is 0.287 e. The molecule has 0 aromatic heterocycles. The summed E-state index contributed by atoms with van der Waals surface area (Å²) in [5.74, 6) is -0.113. The summed E-state index contributed by atoms with van der Waals surface area (Å²) < 4.78 is 0. The summed E-state index contributed by atoms with van der Waals surface area (Å²) in [6.07, 6.45) is 2.23. The highest BCUT2D eigenvalue weighted by molar-refractivity contribution is 7.98. The molecule has 0 spiro atoms. The van der Waals surface area contributed by atoms with Gasteiger partial charge in [0.15, 0.2) is 0 Å². The van der Waals surface area contributed by atoms with Gasteiger partial charge in [0.25, 0.3) is 5.91 Å². The Bertz CT molecular complexity index is 136. The van der Waals surface area contributed by atoms with Gasteiger partial charge in [0.05, 0.1) is 0 Å². The molecule has 0 saturated carbocycles. The van der Waals surface area contributed by atoms with Crippen LogP contribution in [-0.2, 0) is 9.59 Å². The number of thioether (sulfide) groups is 1. The van der Waals surface area contributed by atoms with Crippen molar-refractivity contribution in [2.24, 2.45) is 0 Å². The Morgan fingerprint density at radius 3 is 2.50 bits per heavy atom. The Labute approximate surface area is 64.6 Å². The summed E-state index contributed by atoms with van der Waals surface area (Å²) in [4.78, 5) is 21.3. The molecule has 0 aromatic rings.